The molecule has 1 aliphatic heterocycles. The van der Waals surface area contributed by atoms with E-state index in [1.165, 1.54) is 10.9 Å². The molecule has 1 fully saturated rings. The molecule has 1 saturated carbocycles. The first kappa shape index (κ1) is 22.4. The Balaban J connectivity index is 1.52. The zero-order valence-corrected chi connectivity index (χ0v) is 19.9. The molecule has 8 heteroatoms. The smallest absolute Gasteiger partial charge is 0.280 e. The van der Waals surface area contributed by atoms with E-state index in [2.05, 4.69) is 10.3 Å². The Labute approximate surface area is 208 Å². The molecule has 0 bridgehead atoms. The summed E-state index contributed by atoms with van der Waals surface area (Å²) in [6, 6.07) is 20.2. The predicted octanol–water partition coefficient (Wildman–Crippen LogP) is 4.96. The Morgan fingerprint density at radius 1 is 0.944 bits per heavy atom. The molecule has 0 saturated heterocycles. The van der Waals surface area contributed by atoms with E-state index in [0.29, 0.717) is 22.6 Å². The summed E-state index contributed by atoms with van der Waals surface area (Å²) in [5, 5.41) is 8.04. The summed E-state index contributed by atoms with van der Waals surface area (Å²) < 4.78 is 3.17. The zero-order chi connectivity index (χ0) is 24.6. The fourth-order valence-corrected chi connectivity index (χ4v) is 5.65. The van der Waals surface area contributed by atoms with Crippen LogP contribution in [-0.4, -0.2) is 31.0 Å². The Kier molecular flexibility index (Phi) is 5.71. The minimum atomic E-state index is -0.715. The predicted molar refractivity (Wildman–Crippen MR) is 137 cm³/mol. The van der Waals surface area contributed by atoms with Gasteiger partial charge in [-0.3, -0.25) is 9.59 Å². The molecule has 8 nitrogen and oxygen atoms in total. The number of nitroso groups, excluding NO2 is 1. The van der Waals surface area contributed by atoms with Crippen molar-refractivity contribution in [3.63, 3.8) is 0 Å². The van der Waals surface area contributed by atoms with E-state index in [-0.39, 0.29) is 30.6 Å². The van der Waals surface area contributed by atoms with E-state index in [4.69, 9.17) is 0 Å². The second kappa shape index (κ2) is 9.18. The molecule has 0 spiro atoms. The number of aromatic nitrogens is 3. The monoisotopic (exact) mass is 481 g/mol. The summed E-state index contributed by atoms with van der Waals surface area (Å²) in [6.07, 6.45) is 5.25. The Bertz CT molecular complexity index is 1490. The van der Waals surface area contributed by atoms with E-state index in [0.717, 1.165) is 36.8 Å². The van der Waals surface area contributed by atoms with Crippen molar-refractivity contribution < 1.29 is 4.79 Å². The van der Waals surface area contributed by atoms with E-state index in [9.17, 15) is 14.5 Å². The number of hydrogen-bond acceptors (Lipinski definition) is 5. The van der Waals surface area contributed by atoms with Crippen molar-refractivity contribution in [3.05, 3.63) is 98.8 Å². The Hall–Kier alpha value is -4.07. The molecule has 6 rings (SSSR count). The van der Waals surface area contributed by atoms with E-state index < -0.39 is 6.04 Å². The van der Waals surface area contributed by atoms with Crippen LogP contribution in [0, 0.1) is 4.91 Å². The lowest BCUT2D eigenvalue weighted by Gasteiger charge is -2.30. The largest absolute Gasteiger partial charge is 0.330 e. The van der Waals surface area contributed by atoms with Gasteiger partial charge < -0.3 is 9.47 Å². The van der Waals surface area contributed by atoms with Crippen LogP contribution in [0.1, 0.15) is 59.8 Å². The Morgan fingerprint density at radius 3 is 2.33 bits per heavy atom. The fraction of sp³-hybridized carbons (Fsp3) is 0.321. The standard InChI is InChI=1S/C28H27N5O3/c34-27-22-17-31(21-14-8-3-9-15-21)28(35)26(22)32(18-24(30-36)20-12-6-2-7-13-20)25-16-23(29-33(25)27)19-10-4-1-5-11-19/h1-2,4-7,10-13,16,21,24H,3,8-9,14-15,17-18H2. The summed E-state index contributed by atoms with van der Waals surface area (Å²) in [5.74, 6) is -0.142. The zero-order valence-electron chi connectivity index (χ0n) is 19.9. The van der Waals surface area contributed by atoms with Gasteiger partial charge in [0.1, 0.15) is 17.4 Å². The van der Waals surface area contributed by atoms with Crippen LogP contribution >= 0.6 is 0 Å². The van der Waals surface area contributed by atoms with Crippen molar-refractivity contribution in [2.75, 3.05) is 0 Å². The average molecular weight is 482 g/mol. The van der Waals surface area contributed by atoms with Gasteiger partial charge in [0.15, 0.2) is 0 Å². The van der Waals surface area contributed by atoms with Crippen LogP contribution in [0.25, 0.3) is 16.9 Å². The SMILES string of the molecule is O=NC(Cn1c2c(c(=O)n3nc(-c4ccccc4)cc13)CN(C1CCCCC1)C2=O)c1ccccc1. The molecule has 1 atom stereocenters. The van der Waals surface area contributed by atoms with Crippen molar-refractivity contribution in [2.24, 2.45) is 5.18 Å². The van der Waals surface area contributed by atoms with Crippen molar-refractivity contribution in [1.82, 2.24) is 19.1 Å². The summed E-state index contributed by atoms with van der Waals surface area (Å²) in [5.41, 5.74) is 3.28. The number of hydrogen-bond donors (Lipinski definition) is 0. The highest BCUT2D eigenvalue weighted by Gasteiger charge is 2.39. The molecule has 182 valence electrons. The minimum Gasteiger partial charge on any atom is -0.330 e. The number of nitrogens with zero attached hydrogens (tertiary/aromatic N) is 5. The average Bonchev–Trinajstić information content (AvgIpc) is 3.53. The minimum absolute atomic E-state index is 0.132. The second-order valence-electron chi connectivity index (χ2n) is 9.67. The normalized spacial score (nSPS) is 16.9. The molecule has 3 heterocycles. The number of carbonyl (C=O) groups excluding carboxylic acids is 1. The van der Waals surface area contributed by atoms with Gasteiger partial charge in [-0.1, -0.05) is 85.1 Å². The number of fused-ring (bicyclic) bond motifs is 2. The first-order valence-corrected chi connectivity index (χ1v) is 12.5. The van der Waals surface area contributed by atoms with Crippen LogP contribution in [-0.2, 0) is 13.1 Å². The van der Waals surface area contributed by atoms with Gasteiger partial charge in [0.2, 0.25) is 0 Å². The number of carbonyl (C=O) groups is 1. The van der Waals surface area contributed by atoms with Gasteiger partial charge in [-0.15, -0.1) is 0 Å². The number of benzene rings is 2. The van der Waals surface area contributed by atoms with E-state index >= 15 is 0 Å². The van der Waals surface area contributed by atoms with Crippen LogP contribution in [0.5, 0.6) is 0 Å². The molecule has 0 N–H and O–H groups in total. The highest BCUT2D eigenvalue weighted by molar-refractivity contribution is 5.97. The quantitative estimate of drug-likeness (QED) is 0.364. The van der Waals surface area contributed by atoms with Gasteiger partial charge in [-0.25, -0.2) is 0 Å². The van der Waals surface area contributed by atoms with Crippen LogP contribution in [0.3, 0.4) is 0 Å². The first-order valence-electron chi connectivity index (χ1n) is 12.5. The topological polar surface area (TPSA) is 89.0 Å². The molecular weight excluding hydrogens is 454 g/mol. The highest BCUT2D eigenvalue weighted by Crippen LogP contribution is 2.32. The van der Waals surface area contributed by atoms with E-state index in [1.807, 2.05) is 71.6 Å². The maximum atomic E-state index is 13.8. The lowest BCUT2D eigenvalue weighted by Crippen LogP contribution is -2.37. The third-order valence-corrected chi connectivity index (χ3v) is 7.52. The van der Waals surface area contributed by atoms with Crippen LogP contribution in [0.4, 0.5) is 0 Å². The lowest BCUT2D eigenvalue weighted by molar-refractivity contribution is 0.0652. The summed E-state index contributed by atoms with van der Waals surface area (Å²) in [4.78, 5) is 41.3. The fourth-order valence-electron chi connectivity index (χ4n) is 5.65. The van der Waals surface area contributed by atoms with Crippen molar-refractivity contribution in [3.8, 4) is 11.3 Å². The summed E-state index contributed by atoms with van der Waals surface area (Å²) in [6.45, 7) is 0.419. The Morgan fingerprint density at radius 2 is 1.64 bits per heavy atom. The molecular formula is C28H27N5O3. The van der Waals surface area contributed by atoms with E-state index in [1.54, 1.807) is 4.57 Å². The summed E-state index contributed by atoms with van der Waals surface area (Å²) >= 11 is 0. The van der Waals surface area contributed by atoms with Crippen LogP contribution < -0.4 is 5.56 Å². The van der Waals surface area contributed by atoms with Crippen molar-refractivity contribution in [2.45, 2.75) is 57.3 Å². The third kappa shape index (κ3) is 3.73. The number of rotatable bonds is 6. The third-order valence-electron chi connectivity index (χ3n) is 7.52. The molecule has 2 aliphatic rings. The van der Waals surface area contributed by atoms with Gasteiger partial charge in [-0.2, -0.15) is 14.5 Å². The first-order chi connectivity index (χ1) is 17.7. The summed E-state index contributed by atoms with van der Waals surface area (Å²) in [7, 11) is 0. The second-order valence-corrected chi connectivity index (χ2v) is 9.67. The van der Waals surface area contributed by atoms with Gasteiger partial charge in [0.05, 0.1) is 24.3 Å². The van der Waals surface area contributed by atoms with Crippen LogP contribution in [0.2, 0.25) is 0 Å². The van der Waals surface area contributed by atoms with Crippen molar-refractivity contribution in [1.29, 1.82) is 0 Å². The van der Waals surface area contributed by atoms with Gasteiger partial charge in [-0.05, 0) is 18.4 Å². The molecule has 4 aromatic rings. The molecule has 1 aliphatic carbocycles. The molecule has 2 aromatic heterocycles. The maximum Gasteiger partial charge on any atom is 0.280 e. The molecule has 36 heavy (non-hydrogen) atoms. The molecule has 0 radical (unpaired) electrons. The molecule has 1 amide bonds. The maximum absolute atomic E-state index is 13.8. The van der Waals surface area contributed by atoms with Crippen molar-refractivity contribution >= 4 is 11.6 Å². The highest BCUT2D eigenvalue weighted by atomic mass is 16.3. The van der Waals surface area contributed by atoms with Gasteiger partial charge in [0.25, 0.3) is 11.5 Å². The number of amides is 1. The van der Waals surface area contributed by atoms with Gasteiger partial charge >= 0.3 is 0 Å². The van der Waals surface area contributed by atoms with Crippen LogP contribution in [0.15, 0.2) is 76.7 Å². The molecule has 1 unspecified atom stereocenters. The van der Waals surface area contributed by atoms with Gasteiger partial charge in [0, 0.05) is 17.7 Å². The molecule has 2 aromatic carbocycles. The lowest BCUT2D eigenvalue weighted by atomic mass is 9.94.